The predicted molar refractivity (Wildman–Crippen MR) is 44.0 cm³/mol. The highest BCUT2D eigenvalue weighted by Gasteiger charge is 1.97. The first kappa shape index (κ1) is 8.14. The Labute approximate surface area is 67.1 Å². The Morgan fingerprint density at radius 1 is 1.36 bits per heavy atom. The van der Waals surface area contributed by atoms with Gasteiger partial charge in [-0.15, -0.1) is 0 Å². The molecule has 0 fully saturated rings. The number of nitrogens with zero attached hydrogens (tertiary/aromatic N) is 3. The summed E-state index contributed by atoms with van der Waals surface area (Å²) in [5, 5.41) is 0. The standard InChI is InChI=1S/C8H13N3/c1-3-11(2)7-8-9-5-4-6-10-8/h4-6H,3,7H2,1-2H3. The van der Waals surface area contributed by atoms with Crippen LogP contribution in [0.25, 0.3) is 0 Å². The van der Waals surface area contributed by atoms with E-state index in [1.54, 1.807) is 12.4 Å². The Morgan fingerprint density at radius 2 is 2.00 bits per heavy atom. The van der Waals surface area contributed by atoms with Gasteiger partial charge in [-0.05, 0) is 19.7 Å². The molecule has 0 bridgehead atoms. The van der Waals surface area contributed by atoms with Crippen LogP contribution in [0.2, 0.25) is 0 Å². The van der Waals surface area contributed by atoms with E-state index >= 15 is 0 Å². The van der Waals surface area contributed by atoms with Crippen LogP contribution >= 0.6 is 0 Å². The fraction of sp³-hybridized carbons (Fsp3) is 0.500. The van der Waals surface area contributed by atoms with Crippen LogP contribution in [0.15, 0.2) is 18.5 Å². The Kier molecular flexibility index (Phi) is 2.98. The first-order chi connectivity index (χ1) is 5.33. The molecule has 0 amide bonds. The normalized spacial score (nSPS) is 10.5. The molecule has 3 heteroatoms. The molecule has 0 atom stereocenters. The fourth-order valence-electron chi connectivity index (χ4n) is 0.765. The summed E-state index contributed by atoms with van der Waals surface area (Å²) in [6, 6.07) is 1.83. The summed E-state index contributed by atoms with van der Waals surface area (Å²) >= 11 is 0. The monoisotopic (exact) mass is 151 g/mol. The molecule has 1 aromatic rings. The van der Waals surface area contributed by atoms with Gasteiger partial charge >= 0.3 is 0 Å². The summed E-state index contributed by atoms with van der Waals surface area (Å²) in [6.07, 6.45) is 3.54. The third-order valence-corrected chi connectivity index (χ3v) is 1.57. The molecule has 11 heavy (non-hydrogen) atoms. The minimum atomic E-state index is 0.831. The van der Waals surface area contributed by atoms with Gasteiger partial charge in [-0.3, -0.25) is 4.90 Å². The van der Waals surface area contributed by atoms with Crippen LogP contribution in [-0.4, -0.2) is 28.5 Å². The Hall–Kier alpha value is -0.960. The molecule has 0 aliphatic heterocycles. The van der Waals surface area contributed by atoms with Crippen LogP contribution in [0, 0.1) is 0 Å². The smallest absolute Gasteiger partial charge is 0.142 e. The summed E-state index contributed by atoms with van der Waals surface area (Å²) in [5.74, 6) is 0.886. The molecule has 1 rings (SSSR count). The van der Waals surface area contributed by atoms with E-state index in [-0.39, 0.29) is 0 Å². The van der Waals surface area contributed by atoms with E-state index in [4.69, 9.17) is 0 Å². The molecule has 0 saturated carbocycles. The summed E-state index contributed by atoms with van der Waals surface area (Å²) in [5.41, 5.74) is 0. The van der Waals surface area contributed by atoms with Crippen molar-refractivity contribution in [3.63, 3.8) is 0 Å². The van der Waals surface area contributed by atoms with E-state index in [9.17, 15) is 0 Å². The largest absolute Gasteiger partial charge is 0.299 e. The Bertz CT molecular complexity index is 198. The lowest BCUT2D eigenvalue weighted by Gasteiger charge is -2.11. The van der Waals surface area contributed by atoms with Gasteiger partial charge in [-0.25, -0.2) is 9.97 Å². The average molecular weight is 151 g/mol. The van der Waals surface area contributed by atoms with Crippen LogP contribution in [0.4, 0.5) is 0 Å². The van der Waals surface area contributed by atoms with Crippen molar-refractivity contribution in [3.05, 3.63) is 24.3 Å². The van der Waals surface area contributed by atoms with Crippen LogP contribution in [-0.2, 0) is 6.54 Å². The second-order valence-corrected chi connectivity index (χ2v) is 2.50. The highest BCUT2D eigenvalue weighted by molar-refractivity contribution is 4.87. The lowest BCUT2D eigenvalue weighted by atomic mass is 10.5. The molecule has 1 aromatic heterocycles. The molecule has 3 nitrogen and oxygen atoms in total. The second kappa shape index (κ2) is 4.03. The summed E-state index contributed by atoms with van der Waals surface area (Å²) in [7, 11) is 2.05. The lowest BCUT2D eigenvalue weighted by Crippen LogP contribution is -2.18. The number of hydrogen-bond acceptors (Lipinski definition) is 3. The van der Waals surface area contributed by atoms with Gasteiger partial charge in [0, 0.05) is 12.4 Å². The van der Waals surface area contributed by atoms with Crippen LogP contribution < -0.4 is 0 Å². The molecule has 0 aliphatic carbocycles. The van der Waals surface area contributed by atoms with E-state index in [1.165, 1.54) is 0 Å². The molecular formula is C8H13N3. The van der Waals surface area contributed by atoms with Crippen molar-refractivity contribution in [1.82, 2.24) is 14.9 Å². The van der Waals surface area contributed by atoms with Crippen molar-refractivity contribution >= 4 is 0 Å². The number of hydrogen-bond donors (Lipinski definition) is 0. The quantitative estimate of drug-likeness (QED) is 0.643. The van der Waals surface area contributed by atoms with Gasteiger partial charge in [0.2, 0.25) is 0 Å². The molecule has 0 aromatic carbocycles. The van der Waals surface area contributed by atoms with Crippen molar-refractivity contribution in [2.24, 2.45) is 0 Å². The molecule has 0 N–H and O–H groups in total. The van der Waals surface area contributed by atoms with Crippen molar-refractivity contribution < 1.29 is 0 Å². The van der Waals surface area contributed by atoms with Crippen molar-refractivity contribution in [1.29, 1.82) is 0 Å². The van der Waals surface area contributed by atoms with Crippen molar-refractivity contribution in [2.75, 3.05) is 13.6 Å². The fourth-order valence-corrected chi connectivity index (χ4v) is 0.765. The molecule has 60 valence electrons. The molecule has 0 unspecified atom stereocenters. The zero-order valence-corrected chi connectivity index (χ0v) is 6.99. The Morgan fingerprint density at radius 3 is 2.55 bits per heavy atom. The molecule has 0 aliphatic rings. The van der Waals surface area contributed by atoms with Gasteiger partial charge in [0.25, 0.3) is 0 Å². The van der Waals surface area contributed by atoms with E-state index in [0.29, 0.717) is 0 Å². The minimum Gasteiger partial charge on any atom is -0.299 e. The maximum Gasteiger partial charge on any atom is 0.142 e. The maximum atomic E-state index is 4.11. The third-order valence-electron chi connectivity index (χ3n) is 1.57. The molecule has 0 radical (unpaired) electrons. The molecule has 1 heterocycles. The highest BCUT2D eigenvalue weighted by atomic mass is 15.1. The summed E-state index contributed by atoms with van der Waals surface area (Å²) in [6.45, 7) is 3.97. The van der Waals surface area contributed by atoms with E-state index < -0.39 is 0 Å². The van der Waals surface area contributed by atoms with E-state index in [1.807, 2.05) is 6.07 Å². The van der Waals surface area contributed by atoms with Crippen LogP contribution in [0.5, 0.6) is 0 Å². The van der Waals surface area contributed by atoms with Gasteiger partial charge in [0.05, 0.1) is 6.54 Å². The highest BCUT2D eigenvalue weighted by Crippen LogP contribution is 1.92. The topological polar surface area (TPSA) is 29.0 Å². The second-order valence-electron chi connectivity index (χ2n) is 2.50. The number of rotatable bonds is 3. The first-order valence-corrected chi connectivity index (χ1v) is 3.77. The third kappa shape index (κ3) is 2.63. The zero-order chi connectivity index (χ0) is 8.10. The maximum absolute atomic E-state index is 4.11. The lowest BCUT2D eigenvalue weighted by molar-refractivity contribution is 0.336. The minimum absolute atomic E-state index is 0.831. The van der Waals surface area contributed by atoms with Gasteiger partial charge in [0.1, 0.15) is 5.82 Å². The summed E-state index contributed by atoms with van der Waals surface area (Å²) < 4.78 is 0. The Balaban J connectivity index is 2.51. The van der Waals surface area contributed by atoms with Gasteiger partial charge in [-0.1, -0.05) is 6.92 Å². The number of aromatic nitrogens is 2. The zero-order valence-electron chi connectivity index (χ0n) is 6.99. The predicted octanol–water partition coefficient (Wildman–Crippen LogP) is 0.928. The van der Waals surface area contributed by atoms with E-state index in [0.717, 1.165) is 18.9 Å². The van der Waals surface area contributed by atoms with Crippen LogP contribution in [0.3, 0.4) is 0 Å². The molecule has 0 spiro atoms. The van der Waals surface area contributed by atoms with Crippen LogP contribution in [0.1, 0.15) is 12.7 Å². The first-order valence-electron chi connectivity index (χ1n) is 3.77. The van der Waals surface area contributed by atoms with Gasteiger partial charge in [-0.2, -0.15) is 0 Å². The van der Waals surface area contributed by atoms with Crippen molar-refractivity contribution in [3.8, 4) is 0 Å². The SMILES string of the molecule is CCN(C)Cc1ncccn1. The van der Waals surface area contributed by atoms with E-state index in [2.05, 4.69) is 28.8 Å². The molecular weight excluding hydrogens is 138 g/mol. The van der Waals surface area contributed by atoms with Gasteiger partial charge in [0.15, 0.2) is 0 Å². The summed E-state index contributed by atoms with van der Waals surface area (Å²) in [4.78, 5) is 10.4. The average Bonchev–Trinajstić information content (AvgIpc) is 2.06. The van der Waals surface area contributed by atoms with Crippen molar-refractivity contribution in [2.45, 2.75) is 13.5 Å². The van der Waals surface area contributed by atoms with Gasteiger partial charge < -0.3 is 0 Å². The molecule has 0 saturated heterocycles.